The summed E-state index contributed by atoms with van der Waals surface area (Å²) in [6, 6.07) is 0. The molecule has 0 atom stereocenters. The zero-order chi connectivity index (χ0) is 24.3. The second kappa shape index (κ2) is 11.3. The highest BCUT2D eigenvalue weighted by Gasteiger charge is 2.32. The molecular weight excluding hydrogens is 396 g/mol. The standard InChI is InChI=1S/C16H30O.C11H20N2O.CH4/c1-15(2,3)13-9-7-12(8-10-13)11-14(17)16(4,5)6;1-10(2,3)7-8-12-9(14-13-8)11(4,5)6;/h12-13H,7-11H2,1-6H3;7H2,1-6H3;1H4. The van der Waals surface area contributed by atoms with Crippen LogP contribution in [0.3, 0.4) is 0 Å². The van der Waals surface area contributed by atoms with Crippen molar-refractivity contribution in [2.75, 3.05) is 0 Å². The highest BCUT2D eigenvalue weighted by Crippen LogP contribution is 2.41. The lowest BCUT2D eigenvalue weighted by molar-refractivity contribution is -0.127. The lowest BCUT2D eigenvalue weighted by Gasteiger charge is -2.37. The van der Waals surface area contributed by atoms with Gasteiger partial charge in [0.1, 0.15) is 5.78 Å². The van der Waals surface area contributed by atoms with Crippen molar-refractivity contribution in [2.24, 2.45) is 28.1 Å². The van der Waals surface area contributed by atoms with E-state index in [1.54, 1.807) is 0 Å². The lowest BCUT2D eigenvalue weighted by Crippen LogP contribution is -2.29. The van der Waals surface area contributed by atoms with Crippen LogP contribution in [0.1, 0.15) is 134 Å². The zero-order valence-electron chi connectivity index (χ0n) is 22.6. The third kappa shape index (κ3) is 11.1. The maximum absolute atomic E-state index is 12.0. The molecule has 0 aliphatic heterocycles. The molecule has 1 aliphatic rings. The van der Waals surface area contributed by atoms with Crippen LogP contribution in [0.5, 0.6) is 0 Å². The van der Waals surface area contributed by atoms with Crippen LogP contribution in [0.15, 0.2) is 4.52 Å². The molecule has 0 spiro atoms. The van der Waals surface area contributed by atoms with E-state index >= 15 is 0 Å². The Labute approximate surface area is 199 Å². The topological polar surface area (TPSA) is 56.0 Å². The predicted molar refractivity (Wildman–Crippen MR) is 137 cm³/mol. The van der Waals surface area contributed by atoms with E-state index in [0.717, 1.165) is 30.5 Å². The Morgan fingerprint density at radius 3 is 1.72 bits per heavy atom. The number of ketones is 1. The Morgan fingerprint density at radius 1 is 0.875 bits per heavy atom. The number of rotatable bonds is 3. The SMILES string of the molecule is C.CC(C)(C)C(=O)CC1CCC(C(C)(C)C)CC1.CC(C)(C)Cc1noc(C(C)(C)C)n1. The molecule has 0 bridgehead atoms. The first kappa shape index (κ1) is 30.8. The van der Waals surface area contributed by atoms with Gasteiger partial charge in [-0.15, -0.1) is 0 Å². The molecule has 0 aromatic carbocycles. The largest absolute Gasteiger partial charge is 0.339 e. The number of Topliss-reactive ketones (excluding diaryl/α,β-unsaturated/α-hetero) is 1. The number of carbonyl (C=O) groups excluding carboxylic acids is 1. The monoisotopic (exact) mass is 450 g/mol. The van der Waals surface area contributed by atoms with E-state index in [1.165, 1.54) is 25.7 Å². The Hall–Kier alpha value is -1.19. The molecule has 4 nitrogen and oxygen atoms in total. The fraction of sp³-hybridized carbons (Fsp3) is 0.893. The fourth-order valence-electron chi connectivity index (χ4n) is 3.91. The van der Waals surface area contributed by atoms with Crippen LogP contribution in [0.4, 0.5) is 0 Å². The third-order valence-electron chi connectivity index (χ3n) is 6.18. The normalized spacial score (nSPS) is 20.1. The van der Waals surface area contributed by atoms with Crippen molar-refractivity contribution in [2.45, 2.75) is 134 Å². The molecule has 2 rings (SSSR count). The molecule has 1 saturated carbocycles. The van der Waals surface area contributed by atoms with Crippen molar-refractivity contribution in [1.82, 2.24) is 10.1 Å². The summed E-state index contributed by atoms with van der Waals surface area (Å²) in [5.41, 5.74) is 0.446. The van der Waals surface area contributed by atoms with Gasteiger partial charge in [0.2, 0.25) is 5.89 Å². The number of carbonyl (C=O) groups is 1. The van der Waals surface area contributed by atoms with E-state index in [2.05, 4.69) is 72.5 Å². The molecule has 1 aromatic heterocycles. The first-order valence-corrected chi connectivity index (χ1v) is 12.2. The summed E-state index contributed by atoms with van der Waals surface area (Å²) < 4.78 is 5.21. The molecule has 1 fully saturated rings. The van der Waals surface area contributed by atoms with Crippen molar-refractivity contribution >= 4 is 5.78 Å². The summed E-state index contributed by atoms with van der Waals surface area (Å²) in [6.07, 6.45) is 6.79. The van der Waals surface area contributed by atoms with E-state index in [4.69, 9.17) is 4.52 Å². The van der Waals surface area contributed by atoms with Crippen molar-refractivity contribution in [1.29, 1.82) is 0 Å². The zero-order valence-corrected chi connectivity index (χ0v) is 22.6. The first-order chi connectivity index (χ1) is 13.8. The van der Waals surface area contributed by atoms with Crippen molar-refractivity contribution in [3.63, 3.8) is 0 Å². The van der Waals surface area contributed by atoms with Gasteiger partial charge < -0.3 is 4.52 Å². The second-order valence-corrected chi connectivity index (χ2v) is 14.0. The number of nitrogens with zero attached hydrogens (tertiary/aromatic N) is 2. The second-order valence-electron chi connectivity index (χ2n) is 14.0. The molecule has 0 radical (unpaired) electrons. The summed E-state index contributed by atoms with van der Waals surface area (Å²) in [5, 5.41) is 3.98. The Morgan fingerprint density at radius 2 is 1.38 bits per heavy atom. The molecule has 0 saturated heterocycles. The summed E-state index contributed by atoms with van der Waals surface area (Å²) in [5.74, 6) is 3.47. The van der Waals surface area contributed by atoms with Gasteiger partial charge in [0.05, 0.1) is 0 Å². The molecule has 1 heterocycles. The van der Waals surface area contributed by atoms with E-state index in [1.807, 2.05) is 20.8 Å². The Bertz CT molecular complexity index is 683. The lowest BCUT2D eigenvalue weighted by atomic mass is 9.68. The first-order valence-electron chi connectivity index (χ1n) is 12.2. The third-order valence-corrected chi connectivity index (χ3v) is 6.18. The van der Waals surface area contributed by atoms with Crippen LogP contribution >= 0.6 is 0 Å². The average molecular weight is 451 g/mol. The number of hydrogen-bond acceptors (Lipinski definition) is 4. The van der Waals surface area contributed by atoms with Gasteiger partial charge in [0, 0.05) is 23.7 Å². The van der Waals surface area contributed by atoms with Gasteiger partial charge in [0.25, 0.3) is 0 Å². The van der Waals surface area contributed by atoms with Gasteiger partial charge in [0.15, 0.2) is 5.82 Å². The molecule has 32 heavy (non-hydrogen) atoms. The van der Waals surface area contributed by atoms with Gasteiger partial charge in [-0.3, -0.25) is 4.79 Å². The number of aromatic nitrogens is 2. The molecule has 0 N–H and O–H groups in total. The van der Waals surface area contributed by atoms with Crippen molar-refractivity contribution < 1.29 is 9.32 Å². The fourth-order valence-corrected chi connectivity index (χ4v) is 3.91. The molecule has 4 heteroatoms. The minimum Gasteiger partial charge on any atom is -0.339 e. The van der Waals surface area contributed by atoms with E-state index < -0.39 is 0 Å². The van der Waals surface area contributed by atoms with E-state index in [0.29, 0.717) is 17.1 Å². The quantitative estimate of drug-likeness (QED) is 0.463. The molecule has 1 aliphatic carbocycles. The average Bonchev–Trinajstić information content (AvgIpc) is 3.01. The van der Waals surface area contributed by atoms with Crippen molar-refractivity contribution in [3.8, 4) is 0 Å². The van der Waals surface area contributed by atoms with Crippen LogP contribution in [-0.2, 0) is 16.6 Å². The number of hydrogen-bond donors (Lipinski definition) is 0. The van der Waals surface area contributed by atoms with E-state index in [-0.39, 0.29) is 23.7 Å². The molecule has 1 aromatic rings. The summed E-state index contributed by atoms with van der Waals surface area (Å²) >= 11 is 0. The van der Waals surface area contributed by atoms with Crippen LogP contribution < -0.4 is 0 Å². The summed E-state index contributed by atoms with van der Waals surface area (Å²) in [6.45, 7) is 25.9. The maximum atomic E-state index is 12.0. The minimum absolute atomic E-state index is 0. The highest BCUT2D eigenvalue weighted by atomic mass is 16.5. The highest BCUT2D eigenvalue weighted by molar-refractivity contribution is 5.83. The maximum Gasteiger partial charge on any atom is 0.232 e. The van der Waals surface area contributed by atoms with Gasteiger partial charge in [-0.2, -0.15) is 4.98 Å². The Kier molecular flexibility index (Phi) is 10.9. The van der Waals surface area contributed by atoms with Crippen LogP contribution in [0.2, 0.25) is 0 Å². The molecule has 188 valence electrons. The van der Waals surface area contributed by atoms with Gasteiger partial charge in [-0.05, 0) is 48.3 Å². The van der Waals surface area contributed by atoms with Gasteiger partial charge in [-0.25, -0.2) is 0 Å². The summed E-state index contributed by atoms with van der Waals surface area (Å²) in [4.78, 5) is 16.4. The minimum atomic E-state index is -0.152. The van der Waals surface area contributed by atoms with Crippen LogP contribution in [0, 0.1) is 28.1 Å². The van der Waals surface area contributed by atoms with Gasteiger partial charge >= 0.3 is 0 Å². The van der Waals surface area contributed by atoms with E-state index in [9.17, 15) is 4.79 Å². The van der Waals surface area contributed by atoms with Crippen LogP contribution in [0.25, 0.3) is 0 Å². The van der Waals surface area contributed by atoms with Crippen LogP contribution in [-0.4, -0.2) is 15.9 Å². The van der Waals surface area contributed by atoms with Gasteiger partial charge in [-0.1, -0.05) is 95.7 Å². The predicted octanol–water partition coefficient (Wildman–Crippen LogP) is 8.44. The molecule has 0 amide bonds. The Balaban J connectivity index is 0.000000592. The molecule has 0 unspecified atom stereocenters. The van der Waals surface area contributed by atoms with Crippen molar-refractivity contribution in [3.05, 3.63) is 11.7 Å². The summed E-state index contributed by atoms with van der Waals surface area (Å²) in [7, 11) is 0. The molecular formula is C28H54N2O2. The smallest absolute Gasteiger partial charge is 0.232 e.